The van der Waals surface area contributed by atoms with Crippen LogP contribution in [0.2, 0.25) is 0 Å². The largest absolute Gasteiger partial charge is 0.481 e. The van der Waals surface area contributed by atoms with Crippen LogP contribution in [0.3, 0.4) is 0 Å². The molecule has 0 aromatic rings. The van der Waals surface area contributed by atoms with Gasteiger partial charge in [0.2, 0.25) is 5.91 Å². The molecule has 0 spiro atoms. The predicted molar refractivity (Wildman–Crippen MR) is 54.7 cm³/mol. The summed E-state index contributed by atoms with van der Waals surface area (Å²) < 4.78 is 0. The highest BCUT2D eigenvalue weighted by molar-refractivity contribution is 5.86. The van der Waals surface area contributed by atoms with Gasteiger partial charge in [-0.15, -0.1) is 0 Å². The zero-order valence-electron chi connectivity index (χ0n) is 9.19. The molecule has 1 amide bonds. The van der Waals surface area contributed by atoms with E-state index in [2.05, 4.69) is 5.32 Å². The predicted octanol–water partition coefficient (Wildman–Crippen LogP) is -0.842. The van der Waals surface area contributed by atoms with Gasteiger partial charge >= 0.3 is 11.9 Å². The van der Waals surface area contributed by atoms with Gasteiger partial charge < -0.3 is 21.3 Å². The van der Waals surface area contributed by atoms with Crippen LogP contribution in [-0.4, -0.2) is 39.6 Å². The Morgan fingerprint density at radius 3 is 2.12 bits per heavy atom. The van der Waals surface area contributed by atoms with Gasteiger partial charge in [-0.05, 0) is 13.8 Å². The van der Waals surface area contributed by atoms with E-state index in [1.54, 1.807) is 0 Å². The molecule has 0 aliphatic carbocycles. The first-order valence-corrected chi connectivity index (χ1v) is 4.65. The molecule has 0 aliphatic rings. The fourth-order valence-electron chi connectivity index (χ4n) is 1.13. The average Bonchev–Trinajstić information content (AvgIpc) is 1.98. The van der Waals surface area contributed by atoms with Crippen LogP contribution in [0.1, 0.15) is 26.7 Å². The number of hydrogen-bond donors (Lipinski definition) is 4. The summed E-state index contributed by atoms with van der Waals surface area (Å²) >= 11 is 0. The normalized spacial score (nSPS) is 12.9. The van der Waals surface area contributed by atoms with Crippen molar-refractivity contribution in [1.82, 2.24) is 5.32 Å². The summed E-state index contributed by atoms with van der Waals surface area (Å²) in [5, 5.41) is 19.4. The van der Waals surface area contributed by atoms with Crippen molar-refractivity contribution in [2.45, 2.75) is 38.3 Å². The topological polar surface area (TPSA) is 130 Å². The molecule has 1 unspecified atom stereocenters. The van der Waals surface area contributed by atoms with Crippen LogP contribution in [0.5, 0.6) is 0 Å². The minimum atomic E-state index is -1.18. The maximum Gasteiger partial charge on any atom is 0.305 e. The molecular formula is C9H16N2O5. The molecule has 92 valence electrons. The molecule has 0 heterocycles. The highest BCUT2D eigenvalue weighted by atomic mass is 16.4. The molecule has 0 rings (SSSR count). The second-order valence-electron chi connectivity index (χ2n) is 4.15. The minimum absolute atomic E-state index is 0.265. The first kappa shape index (κ1) is 14.4. The standard InChI is InChI=1S/C9H16N2O5/c1-9(2,4-7(14)15)11-8(16)5(10)3-6(12)13/h5H,3-4,10H2,1-2H3,(H,11,16)(H,12,13)(H,14,15). The number of carbonyl (C=O) groups is 3. The third-order valence-corrected chi connectivity index (χ3v) is 1.79. The quantitative estimate of drug-likeness (QED) is 0.472. The van der Waals surface area contributed by atoms with E-state index in [1.165, 1.54) is 13.8 Å². The van der Waals surface area contributed by atoms with Gasteiger partial charge in [0, 0.05) is 5.54 Å². The maximum atomic E-state index is 11.4. The smallest absolute Gasteiger partial charge is 0.305 e. The second-order valence-corrected chi connectivity index (χ2v) is 4.15. The summed E-state index contributed by atoms with van der Waals surface area (Å²) in [5.74, 6) is -2.91. The molecule has 0 saturated carbocycles. The third kappa shape index (κ3) is 5.97. The van der Waals surface area contributed by atoms with Crippen LogP contribution in [0, 0.1) is 0 Å². The summed E-state index contributed by atoms with van der Waals surface area (Å²) in [7, 11) is 0. The highest BCUT2D eigenvalue weighted by Gasteiger charge is 2.27. The lowest BCUT2D eigenvalue weighted by atomic mass is 10.00. The summed E-state index contributed by atoms with van der Waals surface area (Å²) in [5.41, 5.74) is 4.36. The summed E-state index contributed by atoms with van der Waals surface area (Å²) in [6.07, 6.45) is -0.756. The van der Waals surface area contributed by atoms with Crippen LogP contribution in [0.4, 0.5) is 0 Å². The van der Waals surface area contributed by atoms with Gasteiger partial charge in [0.05, 0.1) is 18.9 Å². The van der Waals surface area contributed by atoms with E-state index in [-0.39, 0.29) is 6.42 Å². The summed E-state index contributed by atoms with van der Waals surface area (Å²) in [4.78, 5) is 32.2. The van der Waals surface area contributed by atoms with Gasteiger partial charge in [0.1, 0.15) is 0 Å². The van der Waals surface area contributed by atoms with Gasteiger partial charge in [-0.1, -0.05) is 0 Å². The number of amides is 1. The molecule has 0 aliphatic heterocycles. The number of carboxylic acids is 2. The zero-order valence-corrected chi connectivity index (χ0v) is 9.19. The van der Waals surface area contributed by atoms with Gasteiger partial charge in [0.25, 0.3) is 0 Å². The fraction of sp³-hybridized carbons (Fsp3) is 0.667. The maximum absolute atomic E-state index is 11.4. The van der Waals surface area contributed by atoms with Crippen molar-refractivity contribution in [1.29, 1.82) is 0 Å². The van der Waals surface area contributed by atoms with Crippen molar-refractivity contribution in [2.75, 3.05) is 0 Å². The van der Waals surface area contributed by atoms with Crippen LogP contribution in [-0.2, 0) is 14.4 Å². The highest BCUT2D eigenvalue weighted by Crippen LogP contribution is 2.08. The van der Waals surface area contributed by atoms with Crippen LogP contribution < -0.4 is 11.1 Å². The minimum Gasteiger partial charge on any atom is -0.481 e. The lowest BCUT2D eigenvalue weighted by molar-refractivity contribution is -0.141. The van der Waals surface area contributed by atoms with Crippen molar-refractivity contribution in [3.8, 4) is 0 Å². The third-order valence-electron chi connectivity index (χ3n) is 1.79. The lowest BCUT2D eigenvalue weighted by Gasteiger charge is -2.25. The van der Waals surface area contributed by atoms with Gasteiger partial charge in [-0.25, -0.2) is 0 Å². The van der Waals surface area contributed by atoms with E-state index in [0.29, 0.717) is 0 Å². The van der Waals surface area contributed by atoms with Crippen molar-refractivity contribution in [3.05, 3.63) is 0 Å². The molecule has 0 saturated heterocycles. The van der Waals surface area contributed by atoms with E-state index in [0.717, 1.165) is 0 Å². The van der Waals surface area contributed by atoms with Crippen molar-refractivity contribution >= 4 is 17.8 Å². The average molecular weight is 232 g/mol. The first-order chi connectivity index (χ1) is 7.14. The lowest BCUT2D eigenvalue weighted by Crippen LogP contribution is -2.51. The number of aliphatic carboxylic acids is 2. The number of carbonyl (C=O) groups excluding carboxylic acids is 1. The molecule has 5 N–H and O–H groups in total. The van der Waals surface area contributed by atoms with Crippen molar-refractivity contribution < 1.29 is 24.6 Å². The van der Waals surface area contributed by atoms with E-state index in [9.17, 15) is 14.4 Å². The van der Waals surface area contributed by atoms with Gasteiger partial charge in [-0.2, -0.15) is 0 Å². The van der Waals surface area contributed by atoms with Crippen molar-refractivity contribution in [2.24, 2.45) is 5.73 Å². The van der Waals surface area contributed by atoms with E-state index >= 15 is 0 Å². The Morgan fingerprint density at radius 1 is 1.25 bits per heavy atom. The Balaban J connectivity index is 4.32. The van der Waals surface area contributed by atoms with E-state index in [1.807, 2.05) is 0 Å². The van der Waals surface area contributed by atoms with E-state index in [4.69, 9.17) is 15.9 Å². The van der Waals surface area contributed by atoms with Crippen LogP contribution in [0.25, 0.3) is 0 Å². The Bertz CT molecular complexity index is 300. The molecule has 0 fully saturated rings. The van der Waals surface area contributed by atoms with Crippen LogP contribution >= 0.6 is 0 Å². The van der Waals surface area contributed by atoms with E-state index < -0.39 is 35.8 Å². The van der Waals surface area contributed by atoms with Gasteiger partial charge in [0.15, 0.2) is 0 Å². The Kier molecular flexibility index (Phi) is 4.90. The number of hydrogen-bond acceptors (Lipinski definition) is 4. The van der Waals surface area contributed by atoms with Crippen LogP contribution in [0.15, 0.2) is 0 Å². The molecular weight excluding hydrogens is 216 g/mol. The summed E-state index contributed by atoms with van der Waals surface area (Å²) in [6.45, 7) is 3.04. The molecule has 7 heteroatoms. The Hall–Kier alpha value is -1.63. The molecule has 7 nitrogen and oxygen atoms in total. The SMILES string of the molecule is CC(C)(CC(=O)O)NC(=O)C(N)CC(=O)O. The van der Waals surface area contributed by atoms with Gasteiger partial charge in [-0.3, -0.25) is 14.4 Å². The van der Waals surface area contributed by atoms with Crippen molar-refractivity contribution in [3.63, 3.8) is 0 Å². The Morgan fingerprint density at radius 2 is 1.75 bits per heavy atom. The molecule has 1 atom stereocenters. The molecule has 0 bridgehead atoms. The summed E-state index contributed by atoms with van der Waals surface area (Å²) in [6, 6.07) is -1.18. The molecule has 0 aromatic heterocycles. The Labute approximate surface area is 92.6 Å². The first-order valence-electron chi connectivity index (χ1n) is 4.65. The molecule has 0 radical (unpaired) electrons. The zero-order chi connectivity index (χ0) is 12.9. The molecule has 0 aromatic carbocycles. The number of rotatable bonds is 6. The fourth-order valence-corrected chi connectivity index (χ4v) is 1.13. The molecule has 16 heavy (non-hydrogen) atoms. The number of nitrogens with one attached hydrogen (secondary N) is 1. The number of nitrogens with two attached hydrogens (primary N) is 1. The number of carboxylic acid groups (broad SMARTS) is 2. The monoisotopic (exact) mass is 232 g/mol. The second kappa shape index (κ2) is 5.45.